The summed E-state index contributed by atoms with van der Waals surface area (Å²) in [5, 5.41) is 9.51. The van der Waals surface area contributed by atoms with E-state index in [4.69, 9.17) is 0 Å². The number of aromatic nitrogens is 3. The number of nitrogens with zero attached hydrogens (tertiary/aromatic N) is 4. The molecule has 4 heterocycles. The van der Waals surface area contributed by atoms with Gasteiger partial charge < -0.3 is 10.2 Å². The normalized spacial score (nSPS) is 24.0. The highest BCUT2D eigenvalue weighted by Crippen LogP contribution is 2.32. The molecule has 2 saturated heterocycles. The number of carbonyl (C=O) groups is 2. The van der Waals surface area contributed by atoms with Gasteiger partial charge in [-0.15, -0.1) is 0 Å². The number of hydrogen-bond acceptors (Lipinski definition) is 5. The Labute approximate surface area is 145 Å². The van der Waals surface area contributed by atoms with Gasteiger partial charge in [0.05, 0.1) is 17.3 Å². The molecule has 2 aromatic rings. The molecular weight excluding hydrogens is 320 g/mol. The van der Waals surface area contributed by atoms with Gasteiger partial charge in [0.2, 0.25) is 5.91 Å². The van der Waals surface area contributed by atoms with Crippen molar-refractivity contribution >= 4 is 23.3 Å². The standard InChI is InChI=1S/C17H22N6O2/c1-10(2)11-3-5-22(9-11)14-7-13(21-23-6-4-18-15(14)23)12-8-19-17(25)20-16(12)24/h4,6-7,10-12H,3,5,8-9H2,1-2H3,(H2,19,20,24,25)/t11-,12?/m1/s1. The minimum absolute atomic E-state index is 0.256. The zero-order valence-corrected chi connectivity index (χ0v) is 14.4. The molecule has 132 valence electrons. The number of carbonyl (C=O) groups excluding carboxylic acids is 2. The van der Waals surface area contributed by atoms with Gasteiger partial charge in [0, 0.05) is 32.0 Å². The summed E-state index contributed by atoms with van der Waals surface area (Å²) < 4.78 is 1.72. The minimum atomic E-state index is -0.494. The monoisotopic (exact) mass is 342 g/mol. The van der Waals surface area contributed by atoms with E-state index in [9.17, 15) is 9.59 Å². The molecule has 25 heavy (non-hydrogen) atoms. The summed E-state index contributed by atoms with van der Waals surface area (Å²) in [6.45, 7) is 6.73. The summed E-state index contributed by atoms with van der Waals surface area (Å²) in [6, 6.07) is 1.50. The minimum Gasteiger partial charge on any atom is -0.368 e. The lowest BCUT2D eigenvalue weighted by atomic mass is 9.95. The van der Waals surface area contributed by atoms with Crippen LogP contribution >= 0.6 is 0 Å². The van der Waals surface area contributed by atoms with E-state index in [0.29, 0.717) is 17.5 Å². The third kappa shape index (κ3) is 2.81. The van der Waals surface area contributed by atoms with Crippen LogP contribution in [0.2, 0.25) is 0 Å². The molecule has 0 spiro atoms. The van der Waals surface area contributed by atoms with Crippen LogP contribution in [0.15, 0.2) is 18.5 Å². The molecule has 2 fully saturated rings. The number of nitrogens with one attached hydrogen (secondary N) is 2. The maximum Gasteiger partial charge on any atom is 0.321 e. The summed E-state index contributed by atoms with van der Waals surface area (Å²) >= 11 is 0. The maximum atomic E-state index is 12.2. The van der Waals surface area contributed by atoms with Crippen LogP contribution < -0.4 is 15.5 Å². The fourth-order valence-corrected chi connectivity index (χ4v) is 3.64. The quantitative estimate of drug-likeness (QED) is 0.873. The summed E-state index contributed by atoms with van der Waals surface area (Å²) in [5.74, 6) is 0.486. The molecule has 3 amide bonds. The number of hydrogen-bond donors (Lipinski definition) is 2. The van der Waals surface area contributed by atoms with Crippen LogP contribution in [0, 0.1) is 11.8 Å². The van der Waals surface area contributed by atoms with Crippen molar-refractivity contribution in [3.05, 3.63) is 24.2 Å². The molecule has 0 aliphatic carbocycles. The van der Waals surface area contributed by atoms with Crippen LogP contribution in [-0.4, -0.2) is 46.2 Å². The Kier molecular flexibility index (Phi) is 3.82. The number of imide groups is 1. The van der Waals surface area contributed by atoms with Crippen molar-refractivity contribution in [1.29, 1.82) is 0 Å². The van der Waals surface area contributed by atoms with Gasteiger partial charge in [0.15, 0.2) is 5.65 Å². The van der Waals surface area contributed by atoms with E-state index < -0.39 is 11.9 Å². The predicted molar refractivity (Wildman–Crippen MR) is 92.4 cm³/mol. The second-order valence-electron chi connectivity index (χ2n) is 7.14. The lowest BCUT2D eigenvalue weighted by Gasteiger charge is -2.24. The Balaban J connectivity index is 1.71. The van der Waals surface area contributed by atoms with Gasteiger partial charge in [-0.3, -0.25) is 10.1 Å². The molecule has 2 N–H and O–H groups in total. The van der Waals surface area contributed by atoms with Crippen LogP contribution in [0.3, 0.4) is 0 Å². The molecule has 8 nitrogen and oxygen atoms in total. The van der Waals surface area contributed by atoms with Gasteiger partial charge in [-0.25, -0.2) is 14.3 Å². The third-order valence-electron chi connectivity index (χ3n) is 5.24. The van der Waals surface area contributed by atoms with Crippen LogP contribution in [0.25, 0.3) is 5.65 Å². The van der Waals surface area contributed by atoms with E-state index in [0.717, 1.165) is 30.8 Å². The second kappa shape index (κ2) is 6.02. The molecule has 0 saturated carbocycles. The lowest BCUT2D eigenvalue weighted by molar-refractivity contribution is -0.122. The maximum absolute atomic E-state index is 12.2. The Morgan fingerprint density at radius 3 is 2.88 bits per heavy atom. The van der Waals surface area contributed by atoms with Crippen molar-refractivity contribution < 1.29 is 9.59 Å². The van der Waals surface area contributed by atoms with Crippen molar-refractivity contribution in [2.24, 2.45) is 11.8 Å². The first-order chi connectivity index (χ1) is 12.0. The first kappa shape index (κ1) is 15.9. The molecule has 1 unspecified atom stereocenters. The van der Waals surface area contributed by atoms with E-state index >= 15 is 0 Å². The fourth-order valence-electron chi connectivity index (χ4n) is 3.64. The van der Waals surface area contributed by atoms with Gasteiger partial charge in [0.1, 0.15) is 0 Å². The van der Waals surface area contributed by atoms with Crippen molar-refractivity contribution in [3.63, 3.8) is 0 Å². The second-order valence-corrected chi connectivity index (χ2v) is 7.14. The Morgan fingerprint density at radius 1 is 1.32 bits per heavy atom. The molecule has 2 atom stereocenters. The third-order valence-corrected chi connectivity index (χ3v) is 5.24. The summed E-state index contributed by atoms with van der Waals surface area (Å²) in [5.41, 5.74) is 2.45. The number of anilines is 1. The summed E-state index contributed by atoms with van der Waals surface area (Å²) in [4.78, 5) is 30.3. The predicted octanol–water partition coefficient (Wildman–Crippen LogP) is 1.13. The van der Waals surface area contributed by atoms with E-state index in [1.165, 1.54) is 0 Å². The van der Waals surface area contributed by atoms with Gasteiger partial charge in [-0.05, 0) is 24.3 Å². The van der Waals surface area contributed by atoms with Crippen molar-refractivity contribution in [2.45, 2.75) is 26.2 Å². The van der Waals surface area contributed by atoms with E-state index in [-0.39, 0.29) is 12.5 Å². The van der Waals surface area contributed by atoms with Crippen LogP contribution in [-0.2, 0) is 4.79 Å². The first-order valence-electron chi connectivity index (χ1n) is 8.71. The Morgan fingerprint density at radius 2 is 2.16 bits per heavy atom. The smallest absolute Gasteiger partial charge is 0.321 e. The van der Waals surface area contributed by atoms with Crippen molar-refractivity contribution in [3.8, 4) is 0 Å². The van der Waals surface area contributed by atoms with E-state index in [2.05, 4.69) is 39.5 Å². The van der Waals surface area contributed by atoms with Gasteiger partial charge >= 0.3 is 6.03 Å². The molecule has 8 heteroatoms. The van der Waals surface area contributed by atoms with E-state index in [1.54, 1.807) is 16.9 Å². The highest BCUT2D eigenvalue weighted by Gasteiger charge is 2.32. The number of fused-ring (bicyclic) bond motifs is 1. The molecule has 2 aromatic heterocycles. The molecular formula is C17H22N6O2. The van der Waals surface area contributed by atoms with E-state index in [1.807, 2.05) is 6.07 Å². The molecule has 0 radical (unpaired) electrons. The highest BCUT2D eigenvalue weighted by atomic mass is 16.2. The number of imidazole rings is 1. The van der Waals surface area contributed by atoms with Crippen LogP contribution in [0.5, 0.6) is 0 Å². The zero-order chi connectivity index (χ0) is 17.6. The highest BCUT2D eigenvalue weighted by molar-refractivity contribution is 6.00. The number of amides is 3. The number of urea groups is 1. The topological polar surface area (TPSA) is 91.6 Å². The summed E-state index contributed by atoms with van der Waals surface area (Å²) in [7, 11) is 0. The lowest BCUT2D eigenvalue weighted by Crippen LogP contribution is -2.51. The van der Waals surface area contributed by atoms with Crippen LogP contribution in [0.1, 0.15) is 31.9 Å². The molecule has 2 aliphatic heterocycles. The Bertz CT molecular complexity index is 830. The SMILES string of the molecule is CC(C)[C@@H]1CCN(c2cc(C3CNC(=O)NC3=O)nn3ccnc23)C1. The van der Waals surface area contributed by atoms with Crippen LogP contribution in [0.4, 0.5) is 10.5 Å². The average Bonchev–Trinajstić information content (AvgIpc) is 3.23. The summed E-state index contributed by atoms with van der Waals surface area (Å²) in [6.07, 6.45) is 4.66. The average molecular weight is 342 g/mol. The zero-order valence-electron chi connectivity index (χ0n) is 14.4. The Hall–Kier alpha value is -2.64. The van der Waals surface area contributed by atoms with Gasteiger partial charge in [-0.1, -0.05) is 13.8 Å². The van der Waals surface area contributed by atoms with Gasteiger partial charge in [-0.2, -0.15) is 5.10 Å². The molecule has 0 bridgehead atoms. The largest absolute Gasteiger partial charge is 0.368 e. The first-order valence-corrected chi connectivity index (χ1v) is 8.71. The molecule has 0 aromatic carbocycles. The molecule has 4 rings (SSSR count). The van der Waals surface area contributed by atoms with Gasteiger partial charge in [0.25, 0.3) is 0 Å². The van der Waals surface area contributed by atoms with Crippen molar-refractivity contribution in [1.82, 2.24) is 25.2 Å². The van der Waals surface area contributed by atoms with Crippen molar-refractivity contribution in [2.75, 3.05) is 24.5 Å². The number of rotatable bonds is 3. The molecule has 2 aliphatic rings. The fraction of sp³-hybridized carbons (Fsp3) is 0.529.